The monoisotopic (exact) mass is 546 g/mol. The van der Waals surface area contributed by atoms with Crippen molar-refractivity contribution in [2.75, 3.05) is 0 Å². The highest BCUT2D eigenvalue weighted by Gasteiger charge is 2.91. The first-order chi connectivity index (χ1) is 18.8. The van der Waals surface area contributed by atoms with Crippen LogP contribution in [0.4, 0.5) is 0 Å². The Balaban J connectivity index is 1.49. The Labute approximate surface area is 226 Å². The Morgan fingerprint density at radius 1 is 0.550 bits per heavy atom. The van der Waals surface area contributed by atoms with Crippen LogP contribution in [-0.4, -0.2) is 78.2 Å². The summed E-state index contributed by atoms with van der Waals surface area (Å²) in [5.74, 6) is -12.5. The van der Waals surface area contributed by atoms with E-state index in [1.165, 1.54) is 24.3 Å². The van der Waals surface area contributed by atoms with Crippen LogP contribution < -0.4 is 0 Å². The number of aryl methyl sites for hydroxylation is 2. The highest BCUT2D eigenvalue weighted by atomic mass is 16.3. The first-order valence-corrected chi connectivity index (χ1v) is 13.4. The first kappa shape index (κ1) is 24.4. The summed E-state index contributed by atoms with van der Waals surface area (Å²) in [5.41, 5.74) is -4.00. The van der Waals surface area contributed by atoms with Crippen LogP contribution in [0.15, 0.2) is 24.3 Å². The smallest absolute Gasteiger partial charge is 0.174 e. The number of aliphatic hydroxyl groups excluding tert-OH is 4. The molecule has 0 saturated heterocycles. The van der Waals surface area contributed by atoms with Crippen LogP contribution in [0, 0.1) is 60.2 Å². The van der Waals surface area contributed by atoms with Crippen molar-refractivity contribution in [2.24, 2.45) is 46.3 Å². The summed E-state index contributed by atoms with van der Waals surface area (Å²) in [6.07, 6.45) is -6.72. The minimum atomic E-state index is -2.03. The van der Waals surface area contributed by atoms with Gasteiger partial charge in [0.05, 0.1) is 58.2 Å². The summed E-state index contributed by atoms with van der Waals surface area (Å²) >= 11 is 0. The van der Waals surface area contributed by atoms with Crippen molar-refractivity contribution >= 4 is 23.1 Å². The van der Waals surface area contributed by atoms with E-state index in [1.807, 2.05) is 0 Å². The lowest BCUT2D eigenvalue weighted by Gasteiger charge is -2.61. The normalized spacial score (nSPS) is 45.4. The van der Waals surface area contributed by atoms with E-state index in [9.17, 15) is 49.8 Å². The summed E-state index contributed by atoms with van der Waals surface area (Å²) in [6, 6.07) is 5.46. The number of fused-ring (bicyclic) bond motifs is 4. The number of ketones is 4. The van der Waals surface area contributed by atoms with Gasteiger partial charge in [-0.2, -0.15) is 0 Å². The van der Waals surface area contributed by atoms with Gasteiger partial charge in [0.15, 0.2) is 23.1 Å². The molecule has 0 aliphatic heterocycles. The number of aromatic hydroxyl groups is 2. The van der Waals surface area contributed by atoms with E-state index < -0.39 is 105 Å². The second-order valence-corrected chi connectivity index (χ2v) is 12.7. The lowest BCUT2D eigenvalue weighted by Crippen LogP contribution is -2.74. The fraction of sp³-hybridized carbons (Fsp3) is 0.467. The van der Waals surface area contributed by atoms with Crippen molar-refractivity contribution in [2.45, 2.75) is 38.3 Å². The van der Waals surface area contributed by atoms with Gasteiger partial charge >= 0.3 is 0 Å². The number of carbonyl (C=O) groups excluding carboxylic acids is 4. The van der Waals surface area contributed by atoms with Crippen molar-refractivity contribution < 1.29 is 49.8 Å². The van der Waals surface area contributed by atoms with Gasteiger partial charge in [0.1, 0.15) is 11.5 Å². The lowest BCUT2D eigenvalue weighted by atomic mass is 9.41. The molecule has 12 atom stereocenters. The molecular weight excluding hydrogens is 520 g/mol. The molecule has 6 aliphatic rings. The number of phenolic OH excluding ortho intramolecular Hbond substituents is 2. The third kappa shape index (κ3) is 2.09. The fourth-order valence-electron chi connectivity index (χ4n) is 10.6. The summed E-state index contributed by atoms with van der Waals surface area (Å²) in [5, 5.41) is 68.9. The van der Waals surface area contributed by atoms with Crippen molar-refractivity contribution in [1.82, 2.24) is 0 Å². The Morgan fingerprint density at radius 3 is 1.25 bits per heavy atom. The second-order valence-electron chi connectivity index (χ2n) is 12.7. The molecule has 0 heterocycles. The standard InChI is InChI=1S/C30H26O10/c1-7-3-9-13(11(31)5-7)21(33)17-25(37)20-23(35)15-16-24(36)19(29(15,17)27(9)39)26(38)18-22(34)14-10(28(40)30(16,18)20)4-8(2)6-12(14)32/h3-6,15-20,23-26,31-32,35-38H,1-2H3/t15-,16-,17?,18?,19+,20+,23?,24?,25?,26?,29+,30+/m0/s1. The van der Waals surface area contributed by atoms with E-state index in [-0.39, 0.29) is 22.3 Å². The van der Waals surface area contributed by atoms with Gasteiger partial charge in [-0.25, -0.2) is 0 Å². The Bertz CT molecular complexity index is 1540. The van der Waals surface area contributed by atoms with Gasteiger partial charge in [0.25, 0.3) is 0 Å². The Hall–Kier alpha value is -3.44. The van der Waals surface area contributed by atoms with Crippen molar-refractivity contribution in [3.8, 4) is 11.5 Å². The van der Waals surface area contributed by atoms with Gasteiger partial charge in [-0.05, 0) is 49.2 Å². The van der Waals surface area contributed by atoms with Gasteiger partial charge < -0.3 is 30.6 Å². The molecule has 2 aromatic rings. The van der Waals surface area contributed by atoms with Crippen LogP contribution in [0.2, 0.25) is 0 Å². The number of benzene rings is 2. The molecule has 206 valence electrons. The number of hydrogen-bond donors (Lipinski definition) is 6. The van der Waals surface area contributed by atoms with Gasteiger partial charge in [-0.3, -0.25) is 19.2 Å². The van der Waals surface area contributed by atoms with Crippen LogP contribution in [0.5, 0.6) is 11.5 Å². The minimum absolute atomic E-state index is 0.151. The molecule has 4 saturated carbocycles. The zero-order chi connectivity index (χ0) is 28.5. The molecule has 40 heavy (non-hydrogen) atoms. The molecule has 0 radical (unpaired) electrons. The number of hydrogen-bond acceptors (Lipinski definition) is 10. The van der Waals surface area contributed by atoms with E-state index in [2.05, 4.69) is 0 Å². The summed E-state index contributed by atoms with van der Waals surface area (Å²) in [7, 11) is 0. The summed E-state index contributed by atoms with van der Waals surface area (Å²) in [4.78, 5) is 57.5. The lowest BCUT2D eigenvalue weighted by molar-refractivity contribution is -0.199. The average Bonchev–Trinajstić information content (AvgIpc) is 3.22. The van der Waals surface area contributed by atoms with E-state index in [0.717, 1.165) is 0 Å². The van der Waals surface area contributed by atoms with Crippen molar-refractivity contribution in [1.29, 1.82) is 0 Å². The molecular formula is C30H26O10. The molecule has 0 amide bonds. The largest absolute Gasteiger partial charge is 0.507 e. The number of carbonyl (C=O) groups is 4. The predicted octanol–water partition coefficient (Wildman–Crippen LogP) is 0.341. The highest BCUT2D eigenvalue weighted by Crippen LogP contribution is 2.81. The maximum absolute atomic E-state index is 14.6. The molecule has 4 bridgehead atoms. The molecule has 2 aromatic carbocycles. The molecule has 10 heteroatoms. The van der Waals surface area contributed by atoms with E-state index in [0.29, 0.717) is 11.1 Å². The van der Waals surface area contributed by atoms with Crippen LogP contribution >= 0.6 is 0 Å². The molecule has 6 unspecified atom stereocenters. The third-order valence-electron chi connectivity index (χ3n) is 11.4. The van der Waals surface area contributed by atoms with Crippen LogP contribution in [-0.2, 0) is 0 Å². The quantitative estimate of drug-likeness (QED) is 0.269. The molecule has 4 fully saturated rings. The molecule has 0 aromatic heterocycles. The van der Waals surface area contributed by atoms with E-state index >= 15 is 0 Å². The van der Waals surface area contributed by atoms with Gasteiger partial charge in [0.2, 0.25) is 0 Å². The van der Waals surface area contributed by atoms with Gasteiger partial charge in [0, 0.05) is 34.8 Å². The van der Waals surface area contributed by atoms with Crippen molar-refractivity contribution in [3.05, 3.63) is 57.6 Å². The average molecular weight is 547 g/mol. The minimum Gasteiger partial charge on any atom is -0.507 e. The SMILES string of the molecule is Cc1cc(O)c2c(c1)C(=O)[C@@]13C(C2=O)C(O)[C@H]2C(O)[C@@H]1[C@H]1C(O)[C@@H]3C(O)C3C(=O)c4c(O)cc(C)cc4C(=O)[C@]321. The topological polar surface area (TPSA) is 190 Å². The maximum Gasteiger partial charge on any atom is 0.174 e. The van der Waals surface area contributed by atoms with Crippen LogP contribution in [0.1, 0.15) is 52.6 Å². The molecule has 2 spiro atoms. The number of aliphatic hydroxyl groups is 4. The first-order valence-electron chi connectivity index (χ1n) is 13.4. The van der Waals surface area contributed by atoms with Gasteiger partial charge in [-0.1, -0.05) is 0 Å². The van der Waals surface area contributed by atoms with E-state index in [4.69, 9.17) is 0 Å². The fourth-order valence-corrected chi connectivity index (χ4v) is 10.6. The summed E-state index contributed by atoms with van der Waals surface area (Å²) < 4.78 is 0. The molecule has 8 rings (SSSR count). The van der Waals surface area contributed by atoms with E-state index in [1.54, 1.807) is 13.8 Å². The Morgan fingerprint density at radius 2 is 0.900 bits per heavy atom. The third-order valence-corrected chi connectivity index (χ3v) is 11.4. The van der Waals surface area contributed by atoms with Crippen molar-refractivity contribution in [3.63, 3.8) is 0 Å². The number of phenols is 2. The zero-order valence-corrected chi connectivity index (χ0v) is 21.4. The van der Waals surface area contributed by atoms with Crippen LogP contribution in [0.25, 0.3) is 0 Å². The predicted molar refractivity (Wildman–Crippen MR) is 133 cm³/mol. The van der Waals surface area contributed by atoms with Crippen LogP contribution in [0.3, 0.4) is 0 Å². The zero-order valence-electron chi connectivity index (χ0n) is 21.4. The number of Topliss-reactive ketones (excluding diaryl/α,β-unsaturated/α-hetero) is 4. The molecule has 6 aliphatic carbocycles. The molecule has 6 N–H and O–H groups in total. The van der Waals surface area contributed by atoms with Gasteiger partial charge in [-0.15, -0.1) is 0 Å². The number of rotatable bonds is 0. The highest BCUT2D eigenvalue weighted by molar-refractivity contribution is 6.23. The summed E-state index contributed by atoms with van der Waals surface area (Å²) in [6.45, 7) is 3.22. The Kier molecular flexibility index (Phi) is 4.19. The molecule has 10 nitrogen and oxygen atoms in total. The second kappa shape index (κ2) is 6.88. The maximum atomic E-state index is 14.6.